The van der Waals surface area contributed by atoms with E-state index in [-0.39, 0.29) is 34.4 Å². The monoisotopic (exact) mass is 515 g/mol. The lowest BCUT2D eigenvalue weighted by Crippen LogP contribution is -2.33. The Labute approximate surface area is 209 Å². The molecule has 0 unspecified atom stereocenters. The summed E-state index contributed by atoms with van der Waals surface area (Å²) in [4.78, 5) is 38.7. The fourth-order valence-corrected chi connectivity index (χ4v) is 4.36. The van der Waals surface area contributed by atoms with Crippen LogP contribution >= 0.6 is 35.0 Å². The maximum atomic E-state index is 14.0. The van der Waals surface area contributed by atoms with Crippen LogP contribution in [0, 0.1) is 5.82 Å². The number of rotatable bonds is 7. The number of hydrogen-bond acceptors (Lipinski definition) is 5. The van der Waals surface area contributed by atoms with Crippen molar-refractivity contribution in [2.75, 3.05) is 6.54 Å². The minimum Gasteiger partial charge on any atom is -0.489 e. The highest BCUT2D eigenvalue weighted by molar-refractivity contribution is 8.18. The van der Waals surface area contributed by atoms with Gasteiger partial charge in [0.05, 0.1) is 16.5 Å². The Morgan fingerprint density at radius 1 is 1.03 bits per heavy atom. The second kappa shape index (κ2) is 10.4. The molecule has 3 aromatic carbocycles. The van der Waals surface area contributed by atoms with Gasteiger partial charge in [-0.3, -0.25) is 19.3 Å². The quantitative estimate of drug-likeness (QED) is 0.261. The summed E-state index contributed by atoms with van der Waals surface area (Å²) in [5.41, 5.74) is 1.19. The maximum Gasteiger partial charge on any atom is 0.293 e. The molecule has 0 aliphatic carbocycles. The first-order chi connectivity index (χ1) is 16.3. The molecule has 0 saturated carbocycles. The molecule has 0 aromatic heterocycles. The summed E-state index contributed by atoms with van der Waals surface area (Å²) in [5.74, 6) is -0.958. The van der Waals surface area contributed by atoms with E-state index in [0.717, 1.165) is 16.7 Å². The third-order valence-corrected chi connectivity index (χ3v) is 6.46. The Morgan fingerprint density at radius 2 is 1.76 bits per heavy atom. The van der Waals surface area contributed by atoms with Gasteiger partial charge in [-0.25, -0.2) is 4.39 Å². The number of halogens is 3. The SMILES string of the molecule is O=C(CN1C(=O)S/C(=C/c2cccc(OCc3c(F)cccc3Cl)c2)C1=O)c1ccc(Cl)cc1. The second-order valence-electron chi connectivity index (χ2n) is 7.26. The molecule has 3 aromatic rings. The smallest absolute Gasteiger partial charge is 0.293 e. The van der Waals surface area contributed by atoms with Gasteiger partial charge >= 0.3 is 0 Å². The van der Waals surface area contributed by atoms with E-state index in [0.29, 0.717) is 21.9 Å². The van der Waals surface area contributed by atoms with Crippen LogP contribution in [0.15, 0.2) is 71.6 Å². The molecule has 1 saturated heterocycles. The molecule has 5 nitrogen and oxygen atoms in total. The van der Waals surface area contributed by atoms with Crippen molar-refractivity contribution in [1.82, 2.24) is 4.90 Å². The van der Waals surface area contributed by atoms with Crippen molar-refractivity contribution >= 4 is 58.0 Å². The van der Waals surface area contributed by atoms with E-state index in [4.69, 9.17) is 27.9 Å². The van der Waals surface area contributed by atoms with Crippen molar-refractivity contribution in [2.45, 2.75) is 6.61 Å². The van der Waals surface area contributed by atoms with Crippen LogP contribution in [0.5, 0.6) is 5.75 Å². The topological polar surface area (TPSA) is 63.7 Å². The van der Waals surface area contributed by atoms with E-state index < -0.39 is 17.0 Å². The van der Waals surface area contributed by atoms with E-state index in [1.54, 1.807) is 60.7 Å². The minimum absolute atomic E-state index is 0.0711. The summed E-state index contributed by atoms with van der Waals surface area (Å²) >= 11 is 12.6. The van der Waals surface area contributed by atoms with Crippen molar-refractivity contribution in [3.05, 3.63) is 104 Å². The number of ketones is 1. The van der Waals surface area contributed by atoms with Gasteiger partial charge in [0, 0.05) is 16.1 Å². The summed E-state index contributed by atoms with van der Waals surface area (Å²) in [6.45, 7) is -0.436. The highest BCUT2D eigenvalue weighted by atomic mass is 35.5. The van der Waals surface area contributed by atoms with Crippen LogP contribution in [0.2, 0.25) is 10.0 Å². The average molecular weight is 516 g/mol. The summed E-state index contributed by atoms with van der Waals surface area (Å²) in [6.07, 6.45) is 1.54. The Balaban J connectivity index is 1.45. The fraction of sp³-hybridized carbons (Fsp3) is 0.0800. The molecular weight excluding hydrogens is 500 g/mol. The molecule has 0 atom stereocenters. The zero-order valence-electron chi connectivity index (χ0n) is 17.5. The number of benzene rings is 3. The molecule has 1 aliphatic heterocycles. The number of carbonyl (C=O) groups excluding carboxylic acids is 3. The third kappa shape index (κ3) is 5.50. The van der Waals surface area contributed by atoms with Crippen LogP contribution < -0.4 is 4.74 Å². The molecule has 0 N–H and O–H groups in total. The van der Waals surface area contributed by atoms with Gasteiger partial charge in [0.25, 0.3) is 11.1 Å². The number of hydrogen-bond donors (Lipinski definition) is 0. The predicted octanol–water partition coefficient (Wildman–Crippen LogP) is 6.63. The molecule has 0 radical (unpaired) electrons. The lowest BCUT2D eigenvalue weighted by Gasteiger charge is -2.11. The third-order valence-electron chi connectivity index (χ3n) is 4.94. The van der Waals surface area contributed by atoms with Gasteiger partial charge in [0.15, 0.2) is 5.78 Å². The zero-order valence-corrected chi connectivity index (χ0v) is 19.8. The van der Waals surface area contributed by atoms with Gasteiger partial charge in [-0.1, -0.05) is 41.4 Å². The Hall–Kier alpha value is -3.13. The summed E-state index contributed by atoms with van der Waals surface area (Å²) in [6, 6.07) is 17.4. The van der Waals surface area contributed by atoms with Crippen LogP contribution in [0.25, 0.3) is 6.08 Å². The Morgan fingerprint density at radius 3 is 2.50 bits per heavy atom. The first-order valence-electron chi connectivity index (χ1n) is 10.0. The molecule has 34 heavy (non-hydrogen) atoms. The number of nitrogens with zero attached hydrogens (tertiary/aromatic N) is 1. The molecular formula is C25H16Cl2FNO4S. The largest absolute Gasteiger partial charge is 0.489 e. The van der Waals surface area contributed by atoms with E-state index in [1.807, 2.05) is 0 Å². The van der Waals surface area contributed by atoms with Gasteiger partial charge in [-0.2, -0.15) is 0 Å². The highest BCUT2D eigenvalue weighted by Gasteiger charge is 2.36. The summed E-state index contributed by atoms with van der Waals surface area (Å²) in [5, 5.41) is 0.215. The molecule has 0 spiro atoms. The van der Waals surface area contributed by atoms with Crippen LogP contribution in [-0.2, 0) is 11.4 Å². The van der Waals surface area contributed by atoms with Crippen molar-refractivity contribution in [1.29, 1.82) is 0 Å². The van der Waals surface area contributed by atoms with E-state index >= 15 is 0 Å². The van der Waals surface area contributed by atoms with Crippen molar-refractivity contribution in [3.8, 4) is 5.75 Å². The van der Waals surface area contributed by atoms with E-state index in [9.17, 15) is 18.8 Å². The number of ether oxygens (including phenoxy) is 1. The standard InChI is InChI=1S/C25H16Cl2FNO4S/c26-17-9-7-16(8-10-17)22(30)13-29-24(31)23(34-25(29)32)12-15-3-1-4-18(11-15)33-14-19-20(27)5-2-6-21(19)28/h1-12H,13-14H2/b23-12+. The molecule has 0 bridgehead atoms. The lowest BCUT2D eigenvalue weighted by atomic mass is 10.1. The highest BCUT2D eigenvalue weighted by Crippen LogP contribution is 2.33. The Bertz CT molecular complexity index is 1290. The number of amides is 2. The first-order valence-corrected chi connectivity index (χ1v) is 11.6. The van der Waals surface area contributed by atoms with E-state index in [2.05, 4.69) is 0 Å². The van der Waals surface area contributed by atoms with Gasteiger partial charge in [-0.05, 0) is 71.9 Å². The zero-order chi connectivity index (χ0) is 24.2. The number of thioether (sulfide) groups is 1. The number of Topliss-reactive ketones (excluding diaryl/α,β-unsaturated/α-hetero) is 1. The first kappa shape index (κ1) is 24.0. The van der Waals surface area contributed by atoms with Gasteiger partial charge in [0.1, 0.15) is 18.2 Å². The molecule has 4 rings (SSSR count). The summed E-state index contributed by atoms with van der Waals surface area (Å²) < 4.78 is 19.6. The predicted molar refractivity (Wildman–Crippen MR) is 131 cm³/mol. The number of imide groups is 1. The Kier molecular flexibility index (Phi) is 7.36. The molecule has 9 heteroatoms. The summed E-state index contributed by atoms with van der Waals surface area (Å²) in [7, 11) is 0. The van der Waals surface area contributed by atoms with Gasteiger partial charge < -0.3 is 4.74 Å². The molecule has 172 valence electrons. The molecule has 2 amide bonds. The van der Waals surface area contributed by atoms with Crippen molar-refractivity contribution in [3.63, 3.8) is 0 Å². The maximum absolute atomic E-state index is 14.0. The second-order valence-corrected chi connectivity index (χ2v) is 9.10. The normalized spacial score (nSPS) is 14.7. The van der Waals surface area contributed by atoms with E-state index in [1.165, 1.54) is 12.1 Å². The number of carbonyl (C=O) groups is 3. The van der Waals surface area contributed by atoms with Crippen LogP contribution in [0.4, 0.5) is 9.18 Å². The molecule has 1 aliphatic rings. The van der Waals surface area contributed by atoms with Crippen molar-refractivity contribution < 1.29 is 23.5 Å². The van der Waals surface area contributed by atoms with Gasteiger partial charge in [-0.15, -0.1) is 0 Å². The van der Waals surface area contributed by atoms with Crippen LogP contribution in [0.3, 0.4) is 0 Å². The van der Waals surface area contributed by atoms with Gasteiger partial charge in [0.2, 0.25) is 0 Å². The molecule has 1 fully saturated rings. The van der Waals surface area contributed by atoms with Crippen molar-refractivity contribution in [2.24, 2.45) is 0 Å². The van der Waals surface area contributed by atoms with Crippen LogP contribution in [0.1, 0.15) is 21.5 Å². The average Bonchev–Trinajstić information content (AvgIpc) is 3.06. The lowest BCUT2D eigenvalue weighted by molar-refractivity contribution is -0.122. The minimum atomic E-state index is -0.554. The molecule has 1 heterocycles. The fourth-order valence-electron chi connectivity index (χ4n) is 3.18. The van der Waals surface area contributed by atoms with Crippen LogP contribution in [-0.4, -0.2) is 28.4 Å².